The molecule has 2 amide bonds. The van der Waals surface area contributed by atoms with Gasteiger partial charge in [-0.2, -0.15) is 5.10 Å². The van der Waals surface area contributed by atoms with Gasteiger partial charge in [-0.25, -0.2) is 0 Å². The Bertz CT molecular complexity index is 606. The number of carbonyl (C=O) groups excluding carboxylic acids is 2. The lowest BCUT2D eigenvalue weighted by molar-refractivity contribution is -0.136. The Kier molecular flexibility index (Phi) is 6.95. The summed E-state index contributed by atoms with van der Waals surface area (Å²) in [7, 11) is 0. The third-order valence-corrected chi connectivity index (χ3v) is 4.18. The first-order valence-electron chi connectivity index (χ1n) is 8.81. The molecule has 2 heterocycles. The molecule has 2 N–H and O–H groups in total. The molecule has 1 aliphatic rings. The fourth-order valence-corrected chi connectivity index (χ4v) is 2.80. The van der Waals surface area contributed by atoms with Gasteiger partial charge in [-0.1, -0.05) is 13.8 Å². The van der Waals surface area contributed by atoms with Crippen molar-refractivity contribution in [3.8, 4) is 0 Å². The van der Waals surface area contributed by atoms with Crippen molar-refractivity contribution in [1.82, 2.24) is 20.0 Å². The Morgan fingerprint density at radius 2 is 1.88 bits per heavy atom. The van der Waals surface area contributed by atoms with Crippen molar-refractivity contribution in [2.45, 2.75) is 34.2 Å². The molecule has 0 atom stereocenters. The van der Waals surface area contributed by atoms with Gasteiger partial charge in [-0.15, -0.1) is 0 Å². The number of rotatable bonds is 6. The van der Waals surface area contributed by atoms with Crippen molar-refractivity contribution in [3.63, 3.8) is 0 Å². The summed E-state index contributed by atoms with van der Waals surface area (Å²) < 4.78 is 7.15. The number of hydrogen-bond acceptors (Lipinski definition) is 5. The predicted molar refractivity (Wildman–Crippen MR) is 95.4 cm³/mol. The van der Waals surface area contributed by atoms with Crippen molar-refractivity contribution < 1.29 is 14.3 Å². The van der Waals surface area contributed by atoms with Gasteiger partial charge in [-0.05, 0) is 19.8 Å². The quantitative estimate of drug-likeness (QED) is 0.731. The minimum Gasteiger partial charge on any atom is -0.379 e. The SMILES string of the molecule is Cc1nn(CC(C)C)c(C)c1NC(=O)C(=O)NCCN1CCOCC1. The lowest BCUT2D eigenvalue weighted by Gasteiger charge is -2.26. The molecule has 1 aromatic rings. The number of aromatic nitrogens is 2. The highest BCUT2D eigenvalue weighted by atomic mass is 16.5. The molecule has 1 fully saturated rings. The number of nitrogens with zero attached hydrogens (tertiary/aromatic N) is 3. The first-order chi connectivity index (χ1) is 11.9. The fourth-order valence-electron chi connectivity index (χ4n) is 2.80. The van der Waals surface area contributed by atoms with E-state index < -0.39 is 11.8 Å². The zero-order valence-corrected chi connectivity index (χ0v) is 15.6. The number of ether oxygens (including phenoxy) is 1. The summed E-state index contributed by atoms with van der Waals surface area (Å²) in [6.07, 6.45) is 0. The summed E-state index contributed by atoms with van der Waals surface area (Å²) in [4.78, 5) is 26.3. The highest BCUT2D eigenvalue weighted by molar-refractivity contribution is 6.39. The molecule has 0 unspecified atom stereocenters. The van der Waals surface area contributed by atoms with Crippen molar-refractivity contribution in [3.05, 3.63) is 11.4 Å². The Morgan fingerprint density at radius 3 is 2.52 bits per heavy atom. The Hall–Kier alpha value is -1.93. The fraction of sp³-hybridized carbons (Fsp3) is 0.706. The van der Waals surface area contributed by atoms with Crippen molar-refractivity contribution >= 4 is 17.5 Å². The van der Waals surface area contributed by atoms with E-state index in [2.05, 4.69) is 34.5 Å². The smallest absolute Gasteiger partial charge is 0.313 e. The molecule has 0 bridgehead atoms. The normalized spacial score (nSPS) is 15.4. The summed E-state index contributed by atoms with van der Waals surface area (Å²) >= 11 is 0. The van der Waals surface area contributed by atoms with Crippen molar-refractivity contribution in [2.75, 3.05) is 44.7 Å². The van der Waals surface area contributed by atoms with Gasteiger partial charge in [0.1, 0.15) is 0 Å². The second-order valence-electron chi connectivity index (χ2n) is 6.79. The standard InChI is InChI=1S/C17H29N5O3/c1-12(2)11-22-14(4)15(13(3)20-22)19-17(24)16(23)18-5-6-21-7-9-25-10-8-21/h12H,5-11H2,1-4H3,(H,18,23)(H,19,24). The third-order valence-electron chi connectivity index (χ3n) is 4.18. The maximum absolute atomic E-state index is 12.1. The lowest BCUT2D eigenvalue weighted by atomic mass is 10.2. The lowest BCUT2D eigenvalue weighted by Crippen LogP contribution is -2.43. The molecule has 1 aromatic heterocycles. The molecule has 0 aliphatic carbocycles. The second kappa shape index (κ2) is 8.96. The maximum Gasteiger partial charge on any atom is 0.313 e. The van der Waals surface area contributed by atoms with E-state index in [9.17, 15) is 9.59 Å². The van der Waals surface area contributed by atoms with E-state index in [0.29, 0.717) is 43.6 Å². The highest BCUT2D eigenvalue weighted by Crippen LogP contribution is 2.20. The van der Waals surface area contributed by atoms with E-state index in [1.54, 1.807) is 0 Å². The molecule has 1 saturated heterocycles. The van der Waals surface area contributed by atoms with Gasteiger partial charge in [0, 0.05) is 32.7 Å². The van der Waals surface area contributed by atoms with E-state index in [1.807, 2.05) is 18.5 Å². The van der Waals surface area contributed by atoms with Gasteiger partial charge in [0.05, 0.1) is 30.3 Å². The van der Waals surface area contributed by atoms with Crippen LogP contribution < -0.4 is 10.6 Å². The van der Waals surface area contributed by atoms with Gasteiger partial charge in [0.2, 0.25) is 0 Å². The van der Waals surface area contributed by atoms with Crippen LogP contribution in [0, 0.1) is 19.8 Å². The van der Waals surface area contributed by atoms with Gasteiger partial charge < -0.3 is 15.4 Å². The molecule has 25 heavy (non-hydrogen) atoms. The number of aryl methyl sites for hydroxylation is 1. The van der Waals surface area contributed by atoms with E-state index in [1.165, 1.54) is 0 Å². The summed E-state index contributed by atoms with van der Waals surface area (Å²) in [5.74, 6) is -0.828. The Labute approximate surface area is 148 Å². The molecular weight excluding hydrogens is 322 g/mol. The van der Waals surface area contributed by atoms with Crippen LogP contribution in [0.15, 0.2) is 0 Å². The summed E-state index contributed by atoms with van der Waals surface area (Å²) in [6, 6.07) is 0. The molecular formula is C17H29N5O3. The molecule has 2 rings (SSSR count). The summed E-state index contributed by atoms with van der Waals surface area (Å²) in [5, 5.41) is 9.80. The van der Waals surface area contributed by atoms with Crippen LogP contribution in [0.4, 0.5) is 5.69 Å². The second-order valence-corrected chi connectivity index (χ2v) is 6.79. The van der Waals surface area contributed by atoms with Crippen LogP contribution in [0.2, 0.25) is 0 Å². The highest BCUT2D eigenvalue weighted by Gasteiger charge is 2.19. The molecule has 0 aromatic carbocycles. The molecule has 0 spiro atoms. The zero-order chi connectivity index (χ0) is 18.4. The van der Waals surface area contributed by atoms with Crippen LogP contribution in [0.1, 0.15) is 25.2 Å². The number of carbonyl (C=O) groups is 2. The van der Waals surface area contributed by atoms with Crippen LogP contribution in [0.5, 0.6) is 0 Å². The van der Waals surface area contributed by atoms with E-state index in [4.69, 9.17) is 4.74 Å². The number of hydrogen-bond donors (Lipinski definition) is 2. The minimum absolute atomic E-state index is 0.441. The van der Waals surface area contributed by atoms with Gasteiger partial charge in [-0.3, -0.25) is 19.2 Å². The Morgan fingerprint density at radius 1 is 1.20 bits per heavy atom. The third kappa shape index (κ3) is 5.54. The van der Waals surface area contributed by atoms with Crippen LogP contribution >= 0.6 is 0 Å². The van der Waals surface area contributed by atoms with Crippen LogP contribution in [-0.2, 0) is 20.9 Å². The topological polar surface area (TPSA) is 88.5 Å². The van der Waals surface area contributed by atoms with Gasteiger partial charge in [0.15, 0.2) is 0 Å². The zero-order valence-electron chi connectivity index (χ0n) is 15.6. The monoisotopic (exact) mass is 351 g/mol. The molecule has 0 saturated carbocycles. The molecule has 8 nitrogen and oxygen atoms in total. The summed E-state index contributed by atoms with van der Waals surface area (Å²) in [6.45, 7) is 13.0. The van der Waals surface area contributed by atoms with E-state index >= 15 is 0 Å². The van der Waals surface area contributed by atoms with Crippen molar-refractivity contribution in [2.24, 2.45) is 5.92 Å². The Balaban J connectivity index is 1.84. The van der Waals surface area contributed by atoms with Crippen LogP contribution in [0.25, 0.3) is 0 Å². The largest absolute Gasteiger partial charge is 0.379 e. The van der Waals surface area contributed by atoms with Crippen LogP contribution in [0.3, 0.4) is 0 Å². The number of morpholine rings is 1. The number of amides is 2. The average molecular weight is 351 g/mol. The minimum atomic E-state index is -0.655. The van der Waals surface area contributed by atoms with Crippen molar-refractivity contribution in [1.29, 1.82) is 0 Å². The van der Waals surface area contributed by atoms with Gasteiger partial charge in [0.25, 0.3) is 0 Å². The summed E-state index contributed by atoms with van der Waals surface area (Å²) in [5.41, 5.74) is 2.20. The molecule has 1 aliphatic heterocycles. The first kappa shape index (κ1) is 19.4. The predicted octanol–water partition coefficient (Wildman–Crippen LogP) is 0.543. The number of nitrogens with one attached hydrogen (secondary N) is 2. The molecule has 140 valence electrons. The van der Waals surface area contributed by atoms with E-state index in [-0.39, 0.29) is 0 Å². The molecule has 0 radical (unpaired) electrons. The number of anilines is 1. The average Bonchev–Trinajstić information content (AvgIpc) is 2.82. The first-order valence-corrected chi connectivity index (χ1v) is 8.81. The van der Waals surface area contributed by atoms with Crippen LogP contribution in [-0.4, -0.2) is 65.9 Å². The maximum atomic E-state index is 12.1. The van der Waals surface area contributed by atoms with E-state index in [0.717, 1.165) is 25.3 Å². The van der Waals surface area contributed by atoms with Gasteiger partial charge >= 0.3 is 11.8 Å². The molecule has 8 heteroatoms.